The average molecular weight is 359 g/mol. The van der Waals surface area contributed by atoms with Crippen molar-refractivity contribution in [2.75, 3.05) is 13.7 Å². The van der Waals surface area contributed by atoms with Gasteiger partial charge in [0.15, 0.2) is 11.5 Å². The summed E-state index contributed by atoms with van der Waals surface area (Å²) in [6.07, 6.45) is 12.3. The Morgan fingerprint density at radius 1 is 1.27 bits per heavy atom. The topological polar surface area (TPSA) is 26.3 Å². The van der Waals surface area contributed by atoms with Crippen molar-refractivity contribution in [2.45, 2.75) is 71.8 Å². The van der Waals surface area contributed by atoms with Crippen molar-refractivity contribution in [1.82, 2.24) is 0 Å². The smallest absolute Gasteiger partial charge is 0.161 e. The molecule has 1 aliphatic heterocycles. The molecule has 2 unspecified atom stereocenters. The first-order valence-electron chi connectivity index (χ1n) is 10.6. The molecule has 1 saturated heterocycles. The first-order chi connectivity index (χ1) is 12.3. The van der Waals surface area contributed by atoms with Gasteiger partial charge in [0.1, 0.15) is 19.7 Å². The Hall–Kier alpha value is -0.930. The molecule has 0 radical (unpaired) electrons. The lowest BCUT2D eigenvalue weighted by molar-refractivity contribution is -1.09. The molecule has 0 aromatic rings. The molecule has 144 valence electrons. The Balaban J connectivity index is 1.83. The van der Waals surface area contributed by atoms with E-state index < -0.39 is 0 Å². The molecule has 26 heavy (non-hydrogen) atoms. The van der Waals surface area contributed by atoms with Crippen LogP contribution in [0.15, 0.2) is 24.4 Å². The molecular weight excluding hydrogens is 322 g/mol. The van der Waals surface area contributed by atoms with E-state index >= 15 is 0 Å². The minimum absolute atomic E-state index is 0.0882. The van der Waals surface area contributed by atoms with Crippen LogP contribution in [0.25, 0.3) is 0 Å². The van der Waals surface area contributed by atoms with Gasteiger partial charge in [0.25, 0.3) is 0 Å². The van der Waals surface area contributed by atoms with Gasteiger partial charge in [-0.05, 0) is 63.2 Å². The maximum atomic E-state index is 12.4. The van der Waals surface area contributed by atoms with Crippen molar-refractivity contribution in [3.05, 3.63) is 24.4 Å². The van der Waals surface area contributed by atoms with Crippen molar-refractivity contribution in [3.8, 4) is 0 Å². The minimum Gasteiger partial charge on any atom is -0.295 e. The molecular formula is C23H36NO2+. The summed E-state index contributed by atoms with van der Waals surface area (Å²) < 4.78 is 0.474. The monoisotopic (exact) mass is 358 g/mol. The van der Waals surface area contributed by atoms with E-state index in [4.69, 9.17) is 4.84 Å². The number of rotatable bonds is 3. The summed E-state index contributed by atoms with van der Waals surface area (Å²) in [7, 11) is 2.20. The normalized spacial score (nSPS) is 50.5. The number of hydrogen-bond donors (Lipinski definition) is 0. The molecule has 0 N–H and O–H groups in total. The van der Waals surface area contributed by atoms with E-state index in [1.54, 1.807) is 0 Å². The second-order valence-corrected chi connectivity index (χ2v) is 10.1. The van der Waals surface area contributed by atoms with Gasteiger partial charge < -0.3 is 0 Å². The van der Waals surface area contributed by atoms with E-state index in [2.05, 4.69) is 34.4 Å². The summed E-state index contributed by atoms with van der Waals surface area (Å²) in [6, 6.07) is 0.382. The van der Waals surface area contributed by atoms with Crippen LogP contribution in [0, 0.1) is 28.6 Å². The van der Waals surface area contributed by atoms with Crippen molar-refractivity contribution in [2.24, 2.45) is 28.6 Å². The molecule has 0 bridgehead atoms. The number of hydroxylamine groups is 3. The first kappa shape index (κ1) is 18.4. The van der Waals surface area contributed by atoms with Gasteiger partial charge in [-0.2, -0.15) is 9.48 Å². The molecule has 4 aliphatic rings. The molecule has 0 spiro atoms. The Kier molecular flexibility index (Phi) is 4.28. The highest BCUT2D eigenvalue weighted by Gasteiger charge is 2.66. The minimum atomic E-state index is 0.0882. The molecule has 4 rings (SSSR count). The highest BCUT2D eigenvalue weighted by atomic mass is 16.7. The van der Waals surface area contributed by atoms with Gasteiger partial charge in [-0.1, -0.05) is 19.4 Å². The van der Waals surface area contributed by atoms with Crippen LogP contribution in [0.1, 0.15) is 65.7 Å². The Bertz CT molecular complexity index is 655. The molecule has 0 amide bonds. The fourth-order valence-electron chi connectivity index (χ4n) is 7.45. The predicted octanol–water partition coefficient (Wildman–Crippen LogP) is 5.04. The van der Waals surface area contributed by atoms with E-state index in [0.717, 1.165) is 12.3 Å². The van der Waals surface area contributed by atoms with Gasteiger partial charge in [0, 0.05) is 23.8 Å². The van der Waals surface area contributed by atoms with Crippen molar-refractivity contribution < 1.29 is 14.3 Å². The third-order valence-corrected chi connectivity index (χ3v) is 8.98. The van der Waals surface area contributed by atoms with E-state index in [9.17, 15) is 4.79 Å². The third kappa shape index (κ3) is 2.36. The van der Waals surface area contributed by atoms with Gasteiger partial charge in [-0.25, -0.2) is 0 Å². The Labute approximate surface area is 159 Å². The zero-order chi connectivity index (χ0) is 18.7. The van der Waals surface area contributed by atoms with Crippen molar-refractivity contribution >= 4 is 5.78 Å². The van der Waals surface area contributed by atoms with Crippen LogP contribution < -0.4 is 0 Å². The molecule has 7 atom stereocenters. The highest BCUT2D eigenvalue weighted by molar-refractivity contribution is 5.91. The number of carbonyl (C=O) groups excluding carboxylic acids is 1. The third-order valence-electron chi connectivity index (χ3n) is 8.98. The summed E-state index contributed by atoms with van der Waals surface area (Å²) in [5, 5.41) is 0. The van der Waals surface area contributed by atoms with Crippen molar-refractivity contribution in [1.29, 1.82) is 0 Å². The molecule has 3 heteroatoms. The maximum Gasteiger partial charge on any atom is 0.161 e. The second kappa shape index (κ2) is 6.04. The largest absolute Gasteiger partial charge is 0.295 e. The molecule has 2 saturated carbocycles. The Morgan fingerprint density at radius 3 is 2.77 bits per heavy atom. The number of ketones is 1. The predicted molar refractivity (Wildman–Crippen MR) is 104 cm³/mol. The SMILES string of the molecule is C=CCO[N+]1(C)C2=CC(=O)CC[C@]2(C)[C@H]2CC[C@]3(C)CCC[C@H]3[C@@H]2C1C. The number of hydrogen-bond acceptors (Lipinski definition) is 2. The summed E-state index contributed by atoms with van der Waals surface area (Å²) in [5.41, 5.74) is 1.83. The average Bonchev–Trinajstić information content (AvgIpc) is 3.01. The molecule has 3 nitrogen and oxygen atoms in total. The van der Waals surface area contributed by atoms with Crippen molar-refractivity contribution in [3.63, 3.8) is 0 Å². The number of piperidine rings is 1. The van der Waals surface area contributed by atoms with Crippen LogP contribution in [0.3, 0.4) is 0 Å². The molecule has 1 heterocycles. The first-order valence-corrected chi connectivity index (χ1v) is 10.6. The Morgan fingerprint density at radius 2 is 2.04 bits per heavy atom. The van der Waals surface area contributed by atoms with E-state index in [1.807, 2.05) is 12.2 Å². The number of nitrogens with zero attached hydrogens (tertiary/aromatic N) is 1. The van der Waals surface area contributed by atoms with E-state index in [-0.39, 0.29) is 11.2 Å². The van der Waals surface area contributed by atoms with Gasteiger partial charge in [-0.15, -0.1) is 6.58 Å². The number of likely N-dealkylation sites (tertiary alicyclic amines) is 1. The fraction of sp³-hybridized carbons (Fsp3) is 0.783. The maximum absolute atomic E-state index is 12.4. The zero-order valence-electron chi connectivity index (χ0n) is 17.1. The van der Waals surface area contributed by atoms with Gasteiger partial charge in [0.2, 0.25) is 0 Å². The zero-order valence-corrected chi connectivity index (χ0v) is 17.1. The summed E-state index contributed by atoms with van der Waals surface area (Å²) >= 11 is 0. The van der Waals surface area contributed by atoms with E-state index in [0.29, 0.717) is 41.0 Å². The molecule has 3 fully saturated rings. The van der Waals surface area contributed by atoms with Crippen LogP contribution in [-0.2, 0) is 9.63 Å². The lowest BCUT2D eigenvalue weighted by Crippen LogP contribution is -2.67. The van der Waals surface area contributed by atoms with Gasteiger partial charge in [0.05, 0.1) is 0 Å². The van der Waals surface area contributed by atoms with Crippen LogP contribution in [0.4, 0.5) is 0 Å². The number of quaternary nitrogens is 1. The van der Waals surface area contributed by atoms with Crippen LogP contribution in [-0.4, -0.2) is 30.1 Å². The summed E-state index contributed by atoms with van der Waals surface area (Å²) in [5.74, 6) is 2.45. The standard InChI is InChI=1S/C23H36NO2/c1-6-14-26-24(5)16(2)21-18-8-7-11-22(18,3)12-10-19(21)23(4)13-9-17(25)15-20(23)24/h6,15-16,18-19,21H,1,7-14H2,2-5H3/q+1/t16?,18-,19-,21-,22-,23+,24?/m0/s1. The summed E-state index contributed by atoms with van der Waals surface area (Å²) in [6.45, 7) is 11.7. The number of carbonyl (C=O) groups is 1. The van der Waals surface area contributed by atoms with Crippen LogP contribution in [0.5, 0.6) is 0 Å². The highest BCUT2D eigenvalue weighted by Crippen LogP contribution is 2.66. The number of allylic oxidation sites excluding steroid dienone is 2. The number of fused-ring (bicyclic) bond motifs is 5. The molecule has 3 aliphatic carbocycles. The lowest BCUT2D eigenvalue weighted by atomic mass is 9.49. The second-order valence-electron chi connectivity index (χ2n) is 10.1. The van der Waals surface area contributed by atoms with Crippen LogP contribution in [0.2, 0.25) is 0 Å². The summed E-state index contributed by atoms with van der Waals surface area (Å²) in [4.78, 5) is 18.8. The van der Waals surface area contributed by atoms with E-state index in [1.165, 1.54) is 37.8 Å². The molecule has 0 aromatic heterocycles. The quantitative estimate of drug-likeness (QED) is 0.522. The van der Waals surface area contributed by atoms with Gasteiger partial charge in [-0.3, -0.25) is 4.79 Å². The van der Waals surface area contributed by atoms with Gasteiger partial charge >= 0.3 is 0 Å². The lowest BCUT2D eigenvalue weighted by Gasteiger charge is -2.62. The molecule has 0 aromatic carbocycles. The fourth-order valence-corrected chi connectivity index (χ4v) is 7.45. The van der Waals surface area contributed by atoms with Crippen LogP contribution >= 0.6 is 0 Å².